The second kappa shape index (κ2) is 9.39. The Balaban J connectivity index is 1.64. The predicted octanol–water partition coefficient (Wildman–Crippen LogP) is 5.51. The summed E-state index contributed by atoms with van der Waals surface area (Å²) in [5, 5.41) is 5.26. The third-order valence-corrected chi connectivity index (χ3v) is 5.27. The van der Waals surface area contributed by atoms with Crippen molar-refractivity contribution in [3.63, 3.8) is 0 Å². The van der Waals surface area contributed by atoms with Gasteiger partial charge in [0.25, 0.3) is 5.91 Å². The molecule has 0 heterocycles. The van der Waals surface area contributed by atoms with Gasteiger partial charge in [-0.15, -0.1) is 11.8 Å². The molecule has 0 aromatic heterocycles. The molecule has 1 atom stereocenters. The molecule has 0 saturated heterocycles. The molecule has 29 heavy (non-hydrogen) atoms. The largest absolute Gasteiger partial charge is 0.325 e. The minimum absolute atomic E-state index is 0.0172. The maximum Gasteiger partial charge on any atom is 0.258 e. The zero-order chi connectivity index (χ0) is 20.8. The fourth-order valence-corrected chi connectivity index (χ4v) is 3.64. The number of aryl methyl sites for hydroxylation is 1. The van der Waals surface area contributed by atoms with Crippen molar-refractivity contribution in [2.45, 2.75) is 24.0 Å². The fourth-order valence-electron chi connectivity index (χ4n) is 2.72. The van der Waals surface area contributed by atoms with E-state index in [0.29, 0.717) is 5.69 Å². The number of halogens is 1. The molecule has 1 unspecified atom stereocenters. The predicted molar refractivity (Wildman–Crippen MR) is 116 cm³/mol. The number of carbonyl (C=O) groups is 2. The lowest BCUT2D eigenvalue weighted by Crippen LogP contribution is -2.22. The SMILES string of the molecule is Cc1cccc(NC(=O)C(C)Sc2cccc(NC(=O)c3ccccc3F)c2)c1. The Kier molecular flexibility index (Phi) is 6.67. The van der Waals surface area contributed by atoms with Crippen LogP contribution in [0.25, 0.3) is 0 Å². The molecular formula is C23H21FN2O2S. The van der Waals surface area contributed by atoms with Gasteiger partial charge in [0.05, 0.1) is 10.8 Å². The summed E-state index contributed by atoms with van der Waals surface area (Å²) in [5.74, 6) is -1.20. The molecule has 0 spiro atoms. The summed E-state index contributed by atoms with van der Waals surface area (Å²) in [5.41, 5.74) is 2.35. The first-order valence-corrected chi connectivity index (χ1v) is 10.0. The van der Waals surface area contributed by atoms with Gasteiger partial charge in [-0.1, -0.05) is 30.3 Å². The quantitative estimate of drug-likeness (QED) is 0.529. The average molecular weight is 408 g/mol. The Hall–Kier alpha value is -3.12. The van der Waals surface area contributed by atoms with Gasteiger partial charge in [0.2, 0.25) is 5.91 Å². The van der Waals surface area contributed by atoms with E-state index in [1.807, 2.05) is 44.2 Å². The number of nitrogens with one attached hydrogen (secondary N) is 2. The molecule has 4 nitrogen and oxygen atoms in total. The second-order valence-corrected chi connectivity index (χ2v) is 7.99. The number of thioether (sulfide) groups is 1. The van der Waals surface area contributed by atoms with E-state index in [-0.39, 0.29) is 16.7 Å². The van der Waals surface area contributed by atoms with Crippen molar-refractivity contribution in [3.05, 3.63) is 89.7 Å². The summed E-state index contributed by atoms with van der Waals surface area (Å²) in [4.78, 5) is 25.6. The lowest BCUT2D eigenvalue weighted by atomic mass is 10.2. The average Bonchev–Trinajstić information content (AvgIpc) is 2.68. The maximum atomic E-state index is 13.8. The van der Waals surface area contributed by atoms with Gasteiger partial charge < -0.3 is 10.6 Å². The highest BCUT2D eigenvalue weighted by atomic mass is 32.2. The molecule has 2 N–H and O–H groups in total. The molecule has 3 aromatic carbocycles. The van der Waals surface area contributed by atoms with Gasteiger partial charge in [-0.2, -0.15) is 0 Å². The number of hydrogen-bond donors (Lipinski definition) is 2. The van der Waals surface area contributed by atoms with Crippen molar-refractivity contribution < 1.29 is 14.0 Å². The number of carbonyl (C=O) groups excluding carboxylic acids is 2. The Labute approximate surface area is 173 Å². The van der Waals surface area contributed by atoms with Crippen LogP contribution in [-0.4, -0.2) is 17.1 Å². The zero-order valence-electron chi connectivity index (χ0n) is 16.1. The Bertz CT molecular complexity index is 1040. The molecule has 0 aliphatic rings. The number of hydrogen-bond acceptors (Lipinski definition) is 3. The van der Waals surface area contributed by atoms with Crippen LogP contribution >= 0.6 is 11.8 Å². The lowest BCUT2D eigenvalue weighted by molar-refractivity contribution is -0.115. The van der Waals surface area contributed by atoms with E-state index in [2.05, 4.69) is 10.6 Å². The molecule has 148 valence electrons. The van der Waals surface area contributed by atoms with Gasteiger partial charge in [0, 0.05) is 16.3 Å². The van der Waals surface area contributed by atoms with Crippen molar-refractivity contribution in [1.82, 2.24) is 0 Å². The highest BCUT2D eigenvalue weighted by Gasteiger charge is 2.16. The summed E-state index contributed by atoms with van der Waals surface area (Å²) >= 11 is 1.38. The number of rotatable bonds is 6. The molecule has 0 saturated carbocycles. The smallest absolute Gasteiger partial charge is 0.258 e. The standard InChI is InChI=1S/C23H21FN2O2S/c1-15-7-5-8-17(13-15)25-22(27)16(2)29-19-10-6-9-18(14-19)26-23(28)20-11-3-4-12-21(20)24/h3-14,16H,1-2H3,(H,25,27)(H,26,28). The maximum absolute atomic E-state index is 13.8. The zero-order valence-corrected chi connectivity index (χ0v) is 16.9. The highest BCUT2D eigenvalue weighted by Crippen LogP contribution is 2.27. The molecule has 2 amide bonds. The van der Waals surface area contributed by atoms with E-state index in [4.69, 9.17) is 0 Å². The van der Waals surface area contributed by atoms with Crippen LogP contribution in [0.1, 0.15) is 22.8 Å². The number of anilines is 2. The van der Waals surface area contributed by atoms with Crippen molar-refractivity contribution in [2.75, 3.05) is 10.6 Å². The molecule has 3 rings (SSSR count). The Morgan fingerprint density at radius 2 is 1.59 bits per heavy atom. The van der Waals surface area contributed by atoms with Crippen LogP contribution in [-0.2, 0) is 4.79 Å². The van der Waals surface area contributed by atoms with Crippen LogP contribution in [0.3, 0.4) is 0 Å². The first kappa shape index (κ1) is 20.6. The van der Waals surface area contributed by atoms with Crippen molar-refractivity contribution >= 4 is 35.0 Å². The third kappa shape index (κ3) is 5.68. The molecule has 0 fully saturated rings. The fraction of sp³-hybridized carbons (Fsp3) is 0.130. The van der Waals surface area contributed by atoms with Crippen LogP contribution in [0.5, 0.6) is 0 Å². The van der Waals surface area contributed by atoms with E-state index < -0.39 is 11.7 Å². The summed E-state index contributed by atoms with van der Waals surface area (Å²) in [6.07, 6.45) is 0. The normalized spacial score (nSPS) is 11.6. The Morgan fingerprint density at radius 1 is 0.897 bits per heavy atom. The van der Waals surface area contributed by atoms with Gasteiger partial charge in [0.15, 0.2) is 0 Å². The van der Waals surface area contributed by atoms with Gasteiger partial charge >= 0.3 is 0 Å². The van der Waals surface area contributed by atoms with Crippen LogP contribution in [0.15, 0.2) is 77.7 Å². The third-order valence-electron chi connectivity index (χ3n) is 4.18. The van der Waals surface area contributed by atoms with E-state index in [9.17, 15) is 14.0 Å². The van der Waals surface area contributed by atoms with Crippen LogP contribution < -0.4 is 10.6 Å². The molecule has 0 aliphatic heterocycles. The van der Waals surface area contributed by atoms with E-state index in [1.54, 1.807) is 24.3 Å². The summed E-state index contributed by atoms with van der Waals surface area (Å²) < 4.78 is 13.8. The van der Waals surface area contributed by atoms with Crippen LogP contribution in [0.2, 0.25) is 0 Å². The molecular weight excluding hydrogens is 387 g/mol. The van der Waals surface area contributed by atoms with E-state index in [0.717, 1.165) is 16.1 Å². The second-order valence-electron chi connectivity index (χ2n) is 6.58. The van der Waals surface area contributed by atoms with Crippen molar-refractivity contribution in [3.8, 4) is 0 Å². The molecule has 3 aromatic rings. The minimum atomic E-state index is -0.572. The summed E-state index contributed by atoms with van der Waals surface area (Å²) in [6, 6.07) is 20.6. The molecule has 0 radical (unpaired) electrons. The van der Waals surface area contributed by atoms with Gasteiger partial charge in [-0.05, 0) is 61.9 Å². The molecule has 6 heteroatoms. The minimum Gasteiger partial charge on any atom is -0.325 e. The van der Waals surface area contributed by atoms with Gasteiger partial charge in [-0.25, -0.2) is 4.39 Å². The van der Waals surface area contributed by atoms with Crippen molar-refractivity contribution in [1.29, 1.82) is 0 Å². The topological polar surface area (TPSA) is 58.2 Å². The monoisotopic (exact) mass is 408 g/mol. The summed E-state index contributed by atoms with van der Waals surface area (Å²) in [6.45, 7) is 3.79. The van der Waals surface area contributed by atoms with E-state index >= 15 is 0 Å². The van der Waals surface area contributed by atoms with Crippen LogP contribution in [0, 0.1) is 12.7 Å². The first-order chi connectivity index (χ1) is 13.9. The van der Waals surface area contributed by atoms with Gasteiger partial charge in [0.1, 0.15) is 5.82 Å². The number of amides is 2. The molecule has 0 bridgehead atoms. The van der Waals surface area contributed by atoms with Crippen molar-refractivity contribution in [2.24, 2.45) is 0 Å². The van der Waals surface area contributed by atoms with Crippen LogP contribution in [0.4, 0.5) is 15.8 Å². The molecule has 0 aliphatic carbocycles. The summed E-state index contributed by atoms with van der Waals surface area (Å²) in [7, 11) is 0. The number of benzene rings is 3. The first-order valence-electron chi connectivity index (χ1n) is 9.12. The van der Waals surface area contributed by atoms with Gasteiger partial charge in [-0.3, -0.25) is 9.59 Å². The van der Waals surface area contributed by atoms with E-state index in [1.165, 1.54) is 30.0 Å². The Morgan fingerprint density at radius 3 is 2.31 bits per heavy atom. The highest BCUT2D eigenvalue weighted by molar-refractivity contribution is 8.00. The lowest BCUT2D eigenvalue weighted by Gasteiger charge is -2.13.